The predicted octanol–water partition coefficient (Wildman–Crippen LogP) is 0.264. The van der Waals surface area contributed by atoms with Crippen LogP contribution in [0.3, 0.4) is 0 Å². The molecule has 1 saturated heterocycles. The van der Waals surface area contributed by atoms with E-state index in [1.54, 1.807) is 6.92 Å². The Bertz CT molecular complexity index is 313. The minimum Gasteiger partial charge on any atom is -0.316 e. The summed E-state index contributed by atoms with van der Waals surface area (Å²) in [6, 6.07) is 0. The average Bonchev–Trinajstić information content (AvgIpc) is 2.18. The van der Waals surface area contributed by atoms with Crippen molar-refractivity contribution < 1.29 is 13.2 Å². The van der Waals surface area contributed by atoms with E-state index < -0.39 is 10.0 Å². The molecule has 0 bridgehead atoms. The molecule has 0 saturated carbocycles. The first-order valence-electron chi connectivity index (χ1n) is 5.30. The lowest BCUT2D eigenvalue weighted by Gasteiger charge is -2.21. The van der Waals surface area contributed by atoms with Crippen LogP contribution >= 0.6 is 12.4 Å². The predicted molar refractivity (Wildman–Crippen MR) is 65.1 cm³/mol. The van der Waals surface area contributed by atoms with Gasteiger partial charge >= 0.3 is 0 Å². The van der Waals surface area contributed by atoms with Crippen LogP contribution in [-0.2, 0) is 14.8 Å². The van der Waals surface area contributed by atoms with Gasteiger partial charge < -0.3 is 5.32 Å². The maximum absolute atomic E-state index is 11.6. The van der Waals surface area contributed by atoms with E-state index in [1.165, 1.54) is 0 Å². The maximum atomic E-state index is 11.6. The SMILES string of the molecule is CCCS(=O)(=O)NC(=O)C1CCCNC1.Cl. The normalized spacial score (nSPS) is 20.9. The Hall–Kier alpha value is -0.330. The van der Waals surface area contributed by atoms with Crippen molar-refractivity contribution >= 4 is 28.3 Å². The Kier molecular flexibility index (Phi) is 6.94. The summed E-state index contributed by atoms with van der Waals surface area (Å²) in [5, 5.41) is 3.08. The number of piperidine rings is 1. The summed E-state index contributed by atoms with van der Waals surface area (Å²) in [7, 11) is -3.41. The lowest BCUT2D eigenvalue weighted by molar-refractivity contribution is -0.123. The second-order valence-electron chi connectivity index (χ2n) is 3.83. The van der Waals surface area contributed by atoms with E-state index in [4.69, 9.17) is 0 Å². The molecule has 0 spiro atoms. The molecule has 2 N–H and O–H groups in total. The van der Waals surface area contributed by atoms with Gasteiger partial charge in [0.2, 0.25) is 15.9 Å². The molecule has 0 aliphatic carbocycles. The molecule has 1 atom stereocenters. The first kappa shape index (κ1) is 15.7. The molecular formula is C9H19ClN2O3S. The maximum Gasteiger partial charge on any atom is 0.237 e. The van der Waals surface area contributed by atoms with Gasteiger partial charge in [0, 0.05) is 6.54 Å². The Morgan fingerprint density at radius 1 is 1.50 bits per heavy atom. The van der Waals surface area contributed by atoms with Gasteiger partial charge in [-0.15, -0.1) is 12.4 Å². The highest BCUT2D eigenvalue weighted by atomic mass is 35.5. The first-order valence-corrected chi connectivity index (χ1v) is 6.95. The smallest absolute Gasteiger partial charge is 0.237 e. The Morgan fingerprint density at radius 2 is 2.19 bits per heavy atom. The third-order valence-electron chi connectivity index (χ3n) is 2.40. The highest BCUT2D eigenvalue weighted by Crippen LogP contribution is 2.10. The molecule has 1 rings (SSSR count). The molecule has 1 aliphatic rings. The van der Waals surface area contributed by atoms with Gasteiger partial charge in [-0.2, -0.15) is 0 Å². The fourth-order valence-corrected chi connectivity index (χ4v) is 2.74. The van der Waals surface area contributed by atoms with Crippen molar-refractivity contribution in [1.82, 2.24) is 10.0 Å². The van der Waals surface area contributed by atoms with Crippen molar-refractivity contribution in [3.63, 3.8) is 0 Å². The lowest BCUT2D eigenvalue weighted by Crippen LogP contribution is -2.43. The Balaban J connectivity index is 0.00000225. The number of carbonyl (C=O) groups excluding carboxylic acids is 1. The number of rotatable bonds is 4. The summed E-state index contributed by atoms with van der Waals surface area (Å²) >= 11 is 0. The molecule has 7 heteroatoms. The zero-order valence-electron chi connectivity index (χ0n) is 9.36. The topological polar surface area (TPSA) is 75.3 Å². The fraction of sp³-hybridized carbons (Fsp3) is 0.889. The molecule has 1 amide bonds. The quantitative estimate of drug-likeness (QED) is 0.769. The van der Waals surface area contributed by atoms with Gasteiger partial charge in [0.15, 0.2) is 0 Å². The minimum absolute atomic E-state index is 0. The summed E-state index contributed by atoms with van der Waals surface area (Å²) in [5.74, 6) is -0.556. The number of hydrogen-bond donors (Lipinski definition) is 2. The molecule has 16 heavy (non-hydrogen) atoms. The summed E-state index contributed by atoms with van der Waals surface area (Å²) < 4.78 is 24.8. The number of sulfonamides is 1. The third-order valence-corrected chi connectivity index (χ3v) is 3.85. The number of hydrogen-bond acceptors (Lipinski definition) is 4. The molecule has 1 unspecified atom stereocenters. The van der Waals surface area contributed by atoms with Crippen LogP contribution < -0.4 is 10.0 Å². The number of halogens is 1. The molecule has 0 aromatic heterocycles. The van der Waals surface area contributed by atoms with Crippen LogP contribution in [0.5, 0.6) is 0 Å². The highest BCUT2D eigenvalue weighted by Gasteiger charge is 2.24. The van der Waals surface area contributed by atoms with Crippen LogP contribution in [0, 0.1) is 5.92 Å². The van der Waals surface area contributed by atoms with E-state index >= 15 is 0 Å². The van der Waals surface area contributed by atoms with Crippen molar-refractivity contribution in [2.75, 3.05) is 18.8 Å². The molecule has 1 fully saturated rings. The molecule has 1 aliphatic heterocycles. The van der Waals surface area contributed by atoms with Crippen LogP contribution in [0.4, 0.5) is 0 Å². The summed E-state index contributed by atoms with van der Waals surface area (Å²) in [5.41, 5.74) is 0. The van der Waals surface area contributed by atoms with Crippen molar-refractivity contribution in [3.8, 4) is 0 Å². The molecule has 5 nitrogen and oxygen atoms in total. The zero-order chi connectivity index (χ0) is 11.3. The van der Waals surface area contributed by atoms with Crippen molar-refractivity contribution in [2.24, 2.45) is 5.92 Å². The molecule has 0 aromatic rings. The van der Waals surface area contributed by atoms with Crippen molar-refractivity contribution in [1.29, 1.82) is 0 Å². The third kappa shape index (κ3) is 5.14. The van der Waals surface area contributed by atoms with Gasteiger partial charge in [-0.3, -0.25) is 9.52 Å². The van der Waals surface area contributed by atoms with Gasteiger partial charge in [0.25, 0.3) is 0 Å². The second kappa shape index (κ2) is 7.09. The molecule has 96 valence electrons. The monoisotopic (exact) mass is 270 g/mol. The van der Waals surface area contributed by atoms with E-state index in [0.29, 0.717) is 13.0 Å². The molecule has 0 aromatic carbocycles. The number of carbonyl (C=O) groups is 1. The van der Waals surface area contributed by atoms with E-state index in [2.05, 4.69) is 10.0 Å². The Morgan fingerprint density at radius 3 is 2.69 bits per heavy atom. The number of amides is 1. The zero-order valence-corrected chi connectivity index (χ0v) is 11.0. The van der Waals surface area contributed by atoms with Crippen LogP contribution in [0.1, 0.15) is 26.2 Å². The summed E-state index contributed by atoms with van der Waals surface area (Å²) in [6.07, 6.45) is 2.21. The standard InChI is InChI=1S/C9H18N2O3S.ClH/c1-2-6-15(13,14)11-9(12)8-4-3-5-10-7-8;/h8,10H,2-7H2,1H3,(H,11,12);1H. The van der Waals surface area contributed by atoms with Crippen molar-refractivity contribution in [3.05, 3.63) is 0 Å². The lowest BCUT2D eigenvalue weighted by atomic mass is 9.99. The van der Waals surface area contributed by atoms with E-state index in [-0.39, 0.29) is 30.0 Å². The van der Waals surface area contributed by atoms with E-state index in [0.717, 1.165) is 19.4 Å². The fourth-order valence-electron chi connectivity index (χ4n) is 1.63. The summed E-state index contributed by atoms with van der Waals surface area (Å²) in [6.45, 7) is 3.25. The first-order chi connectivity index (χ1) is 7.05. The molecular weight excluding hydrogens is 252 g/mol. The van der Waals surface area contributed by atoms with E-state index in [9.17, 15) is 13.2 Å². The van der Waals surface area contributed by atoms with Crippen LogP contribution in [0.2, 0.25) is 0 Å². The van der Waals surface area contributed by atoms with Gasteiger partial charge in [-0.1, -0.05) is 6.92 Å². The minimum atomic E-state index is -3.41. The largest absolute Gasteiger partial charge is 0.316 e. The van der Waals surface area contributed by atoms with Gasteiger partial charge in [-0.25, -0.2) is 8.42 Å². The van der Waals surface area contributed by atoms with Crippen LogP contribution in [-0.4, -0.2) is 33.2 Å². The van der Waals surface area contributed by atoms with Gasteiger partial charge in [0.1, 0.15) is 0 Å². The number of nitrogens with one attached hydrogen (secondary N) is 2. The van der Waals surface area contributed by atoms with Gasteiger partial charge in [-0.05, 0) is 25.8 Å². The molecule has 1 heterocycles. The Labute approximate surface area is 103 Å². The molecule has 0 radical (unpaired) electrons. The highest BCUT2D eigenvalue weighted by molar-refractivity contribution is 7.90. The van der Waals surface area contributed by atoms with Crippen molar-refractivity contribution in [2.45, 2.75) is 26.2 Å². The van der Waals surface area contributed by atoms with Crippen LogP contribution in [0.15, 0.2) is 0 Å². The van der Waals surface area contributed by atoms with E-state index in [1.807, 2.05) is 0 Å². The average molecular weight is 271 g/mol. The van der Waals surface area contributed by atoms with Gasteiger partial charge in [0.05, 0.1) is 11.7 Å². The van der Waals surface area contributed by atoms with Crippen LogP contribution in [0.25, 0.3) is 0 Å². The summed E-state index contributed by atoms with van der Waals surface area (Å²) in [4.78, 5) is 11.6. The second-order valence-corrected chi connectivity index (χ2v) is 5.67.